The second-order valence-electron chi connectivity index (χ2n) is 4.19. The molecule has 1 heterocycles. The molecule has 2 N–H and O–H groups in total. The van der Waals surface area contributed by atoms with Crippen LogP contribution < -0.4 is 10.6 Å². The average Bonchev–Trinajstić information content (AvgIpc) is 2.97. The second-order valence-corrected chi connectivity index (χ2v) is 5.01. The molecule has 2 rings (SSSR count). The molecule has 1 aromatic carbocycles. The first-order chi connectivity index (χ1) is 10.1. The van der Waals surface area contributed by atoms with E-state index in [0.29, 0.717) is 21.3 Å². The summed E-state index contributed by atoms with van der Waals surface area (Å²) in [5.74, 6) is -0.521. The van der Waals surface area contributed by atoms with E-state index in [-0.39, 0.29) is 24.8 Å². The van der Waals surface area contributed by atoms with Crippen LogP contribution in [0.2, 0.25) is 10.0 Å². The first-order valence-corrected chi connectivity index (χ1v) is 6.87. The predicted octanol–water partition coefficient (Wildman–Crippen LogP) is 3.35. The summed E-state index contributed by atoms with van der Waals surface area (Å²) in [6, 6.07) is 6.35. The Morgan fingerprint density at radius 1 is 1.14 bits per heavy atom. The van der Waals surface area contributed by atoms with E-state index in [4.69, 9.17) is 27.6 Å². The summed E-state index contributed by atoms with van der Waals surface area (Å²) in [6.45, 7) is 0.219. The Kier molecular flexibility index (Phi) is 5.25. The minimum atomic E-state index is -0.286. The minimum absolute atomic E-state index is 0.143. The van der Waals surface area contributed by atoms with Gasteiger partial charge in [-0.1, -0.05) is 23.2 Å². The number of carbonyl (C=O) groups excluding carboxylic acids is 2. The number of rotatable bonds is 5. The minimum Gasteiger partial charge on any atom is -0.472 e. The Morgan fingerprint density at radius 3 is 2.62 bits per heavy atom. The molecule has 0 fully saturated rings. The Morgan fingerprint density at radius 2 is 1.95 bits per heavy atom. The van der Waals surface area contributed by atoms with Crippen molar-refractivity contribution < 1.29 is 14.0 Å². The van der Waals surface area contributed by atoms with Gasteiger partial charge in [0.15, 0.2) is 0 Å². The second kappa shape index (κ2) is 7.15. The fourth-order valence-corrected chi connectivity index (χ4v) is 1.88. The summed E-state index contributed by atoms with van der Waals surface area (Å²) in [6.07, 6.45) is 2.89. The summed E-state index contributed by atoms with van der Waals surface area (Å²) in [7, 11) is 0. The van der Waals surface area contributed by atoms with Crippen molar-refractivity contribution in [1.82, 2.24) is 5.32 Å². The highest BCUT2D eigenvalue weighted by atomic mass is 35.5. The van der Waals surface area contributed by atoms with Gasteiger partial charge in [0, 0.05) is 18.7 Å². The zero-order chi connectivity index (χ0) is 15.2. The van der Waals surface area contributed by atoms with Crippen LogP contribution in [0.4, 0.5) is 5.69 Å². The van der Waals surface area contributed by atoms with Gasteiger partial charge >= 0.3 is 0 Å². The van der Waals surface area contributed by atoms with Crippen molar-refractivity contribution in [3.63, 3.8) is 0 Å². The molecular formula is C14H12Cl2N2O3. The van der Waals surface area contributed by atoms with Crippen LogP contribution in [0.1, 0.15) is 16.8 Å². The molecule has 0 spiro atoms. The molecular weight excluding hydrogens is 315 g/mol. The van der Waals surface area contributed by atoms with E-state index in [2.05, 4.69) is 10.6 Å². The van der Waals surface area contributed by atoms with Gasteiger partial charge in [0.1, 0.15) is 6.26 Å². The smallest absolute Gasteiger partial charge is 0.254 e. The van der Waals surface area contributed by atoms with Gasteiger partial charge in [-0.3, -0.25) is 9.59 Å². The van der Waals surface area contributed by atoms with Crippen LogP contribution in [0.15, 0.2) is 41.2 Å². The highest BCUT2D eigenvalue weighted by Gasteiger charge is 2.08. The van der Waals surface area contributed by atoms with Crippen molar-refractivity contribution in [2.24, 2.45) is 0 Å². The van der Waals surface area contributed by atoms with Crippen molar-refractivity contribution in [3.05, 3.63) is 52.4 Å². The Labute approximate surface area is 131 Å². The molecule has 0 atom stereocenters. The highest BCUT2D eigenvalue weighted by Crippen LogP contribution is 2.24. The topological polar surface area (TPSA) is 71.3 Å². The quantitative estimate of drug-likeness (QED) is 0.885. The van der Waals surface area contributed by atoms with Crippen molar-refractivity contribution in [2.75, 3.05) is 11.9 Å². The number of hydrogen-bond donors (Lipinski definition) is 2. The molecule has 21 heavy (non-hydrogen) atoms. The van der Waals surface area contributed by atoms with E-state index in [1.165, 1.54) is 12.5 Å². The van der Waals surface area contributed by atoms with E-state index in [1.54, 1.807) is 24.3 Å². The summed E-state index contributed by atoms with van der Waals surface area (Å²) in [5, 5.41) is 6.06. The molecule has 1 aromatic heterocycles. The number of carbonyl (C=O) groups is 2. The normalized spacial score (nSPS) is 10.2. The van der Waals surface area contributed by atoms with Crippen LogP contribution in [-0.2, 0) is 4.79 Å². The van der Waals surface area contributed by atoms with Crippen molar-refractivity contribution in [2.45, 2.75) is 6.42 Å². The summed E-state index contributed by atoms with van der Waals surface area (Å²) >= 11 is 11.6. The van der Waals surface area contributed by atoms with Crippen LogP contribution >= 0.6 is 23.2 Å². The van der Waals surface area contributed by atoms with Gasteiger partial charge in [0.2, 0.25) is 5.91 Å². The van der Waals surface area contributed by atoms with E-state index in [9.17, 15) is 9.59 Å². The Balaban J connectivity index is 1.77. The molecule has 5 nitrogen and oxygen atoms in total. The SMILES string of the molecule is O=C(CCNC(=O)c1ccoc1)Nc1ccc(Cl)c(Cl)c1. The fraction of sp³-hybridized carbons (Fsp3) is 0.143. The molecule has 0 aliphatic carbocycles. The molecule has 0 radical (unpaired) electrons. The van der Waals surface area contributed by atoms with Crippen molar-refractivity contribution >= 4 is 40.7 Å². The van der Waals surface area contributed by atoms with E-state index in [1.807, 2.05) is 0 Å². The average molecular weight is 327 g/mol. The zero-order valence-corrected chi connectivity index (χ0v) is 12.4. The maximum absolute atomic E-state index is 11.7. The molecule has 0 bridgehead atoms. The number of anilines is 1. The van der Waals surface area contributed by atoms with Gasteiger partial charge in [-0.2, -0.15) is 0 Å². The van der Waals surface area contributed by atoms with Gasteiger partial charge in [-0.05, 0) is 24.3 Å². The zero-order valence-electron chi connectivity index (χ0n) is 10.9. The van der Waals surface area contributed by atoms with E-state index >= 15 is 0 Å². The molecule has 0 aliphatic heterocycles. The third kappa shape index (κ3) is 4.51. The molecule has 0 aliphatic rings. The monoisotopic (exact) mass is 326 g/mol. The number of hydrogen-bond acceptors (Lipinski definition) is 3. The first kappa shape index (κ1) is 15.4. The third-order valence-corrected chi connectivity index (χ3v) is 3.36. The summed E-state index contributed by atoms with van der Waals surface area (Å²) in [4.78, 5) is 23.3. The maximum Gasteiger partial charge on any atom is 0.254 e. The van der Waals surface area contributed by atoms with Crippen LogP contribution in [0.3, 0.4) is 0 Å². The molecule has 0 saturated heterocycles. The van der Waals surface area contributed by atoms with Crippen LogP contribution in [0.5, 0.6) is 0 Å². The van der Waals surface area contributed by atoms with Gasteiger partial charge < -0.3 is 15.1 Å². The number of nitrogens with one attached hydrogen (secondary N) is 2. The number of benzene rings is 1. The first-order valence-electron chi connectivity index (χ1n) is 6.11. The van der Waals surface area contributed by atoms with E-state index < -0.39 is 0 Å². The van der Waals surface area contributed by atoms with Crippen LogP contribution in [0, 0.1) is 0 Å². The lowest BCUT2D eigenvalue weighted by atomic mass is 10.3. The lowest BCUT2D eigenvalue weighted by Crippen LogP contribution is -2.27. The van der Waals surface area contributed by atoms with Crippen LogP contribution in [0.25, 0.3) is 0 Å². The van der Waals surface area contributed by atoms with Gasteiger partial charge in [0.25, 0.3) is 5.91 Å². The molecule has 0 saturated carbocycles. The predicted molar refractivity (Wildman–Crippen MR) is 80.7 cm³/mol. The molecule has 2 aromatic rings. The lowest BCUT2D eigenvalue weighted by Gasteiger charge is -2.07. The fourth-order valence-electron chi connectivity index (χ4n) is 1.58. The van der Waals surface area contributed by atoms with Gasteiger partial charge in [0.05, 0.1) is 21.9 Å². The summed E-state index contributed by atoms with van der Waals surface area (Å²) in [5.41, 5.74) is 0.968. The largest absolute Gasteiger partial charge is 0.472 e. The van der Waals surface area contributed by atoms with E-state index in [0.717, 1.165) is 0 Å². The number of furan rings is 1. The van der Waals surface area contributed by atoms with Crippen LogP contribution in [-0.4, -0.2) is 18.4 Å². The number of amides is 2. The molecule has 7 heteroatoms. The van der Waals surface area contributed by atoms with Crippen molar-refractivity contribution in [3.8, 4) is 0 Å². The van der Waals surface area contributed by atoms with Gasteiger partial charge in [-0.15, -0.1) is 0 Å². The standard InChI is InChI=1S/C14H12Cl2N2O3/c15-11-2-1-10(7-12(11)16)18-13(19)3-5-17-14(20)9-4-6-21-8-9/h1-2,4,6-8H,3,5H2,(H,17,20)(H,18,19). The van der Waals surface area contributed by atoms with Crippen molar-refractivity contribution in [1.29, 1.82) is 0 Å². The summed E-state index contributed by atoms with van der Waals surface area (Å²) < 4.78 is 4.80. The third-order valence-electron chi connectivity index (χ3n) is 2.62. The molecule has 0 unspecified atom stereocenters. The number of halogens is 2. The maximum atomic E-state index is 11.7. The molecule has 2 amide bonds. The Bertz CT molecular complexity index is 642. The highest BCUT2D eigenvalue weighted by molar-refractivity contribution is 6.42. The van der Waals surface area contributed by atoms with Gasteiger partial charge in [-0.25, -0.2) is 0 Å². The Hall–Kier alpha value is -1.98. The molecule has 110 valence electrons. The lowest BCUT2D eigenvalue weighted by molar-refractivity contribution is -0.116.